The number of oxazole rings is 1. The fourth-order valence-corrected chi connectivity index (χ4v) is 4.31. The summed E-state index contributed by atoms with van der Waals surface area (Å²) < 4.78 is 54.3. The Labute approximate surface area is 204 Å². The van der Waals surface area contributed by atoms with Crippen LogP contribution in [0.3, 0.4) is 0 Å². The first-order valence-electron chi connectivity index (χ1n) is 11.2. The number of carbonyl (C=O) groups is 1. The summed E-state index contributed by atoms with van der Waals surface area (Å²) in [6.45, 7) is 3.63. The smallest absolute Gasteiger partial charge is 0.416 e. The van der Waals surface area contributed by atoms with E-state index < -0.39 is 23.6 Å². The number of aryl methyl sites for hydroxylation is 1. The zero-order chi connectivity index (χ0) is 25.5. The van der Waals surface area contributed by atoms with Gasteiger partial charge < -0.3 is 19.2 Å². The highest BCUT2D eigenvalue weighted by Crippen LogP contribution is 2.37. The number of nitrogens with zero attached hydrogens (tertiary/aromatic N) is 3. The van der Waals surface area contributed by atoms with Gasteiger partial charge in [0.25, 0.3) is 0 Å². The maximum absolute atomic E-state index is 12.8. The molecule has 1 N–H and O–H groups in total. The summed E-state index contributed by atoms with van der Waals surface area (Å²) in [5, 5.41) is 3.22. The molecule has 11 heteroatoms. The number of pyridine rings is 1. The van der Waals surface area contributed by atoms with Crippen LogP contribution in [-0.2, 0) is 15.7 Å². The number of nitrogens with one attached hydrogen (secondary N) is 1. The second-order valence-electron chi connectivity index (χ2n) is 8.61. The zero-order valence-electron chi connectivity index (χ0n) is 19.6. The SMILES string of the molecule is COC(=O)c1ncoc1-c1cnc(C2=CCN(C3(Nc4ccc(C(F)(F)F)cc4)CO3)CC2)c(C)c1. The average Bonchev–Trinajstić information content (AvgIpc) is 3.47. The van der Waals surface area contributed by atoms with Crippen molar-refractivity contribution in [3.05, 3.63) is 71.5 Å². The van der Waals surface area contributed by atoms with Gasteiger partial charge in [-0.15, -0.1) is 0 Å². The van der Waals surface area contributed by atoms with Gasteiger partial charge in [0.1, 0.15) is 6.61 Å². The Hall–Kier alpha value is -3.70. The Morgan fingerprint density at radius 3 is 2.56 bits per heavy atom. The quantitative estimate of drug-likeness (QED) is 0.384. The molecule has 1 aromatic carbocycles. The lowest BCUT2D eigenvalue weighted by Crippen LogP contribution is -2.46. The van der Waals surface area contributed by atoms with Crippen molar-refractivity contribution < 1.29 is 31.9 Å². The van der Waals surface area contributed by atoms with Gasteiger partial charge in [-0.05, 0) is 54.8 Å². The molecule has 188 valence electrons. The van der Waals surface area contributed by atoms with Gasteiger partial charge in [0, 0.05) is 30.5 Å². The number of methoxy groups -OCH3 is 1. The van der Waals surface area contributed by atoms with Crippen LogP contribution in [0.15, 0.2) is 53.4 Å². The standard InChI is InChI=1S/C25H23F3N4O4/c1-15-11-17(22-21(23(33)34-2)30-14-35-22)12-29-20(15)16-7-9-32(10-8-16)24(13-36-24)31-19-5-3-18(4-6-19)25(26,27)28/h3-7,11-12,14,31H,8-10,13H2,1-2H3. The van der Waals surface area contributed by atoms with Gasteiger partial charge >= 0.3 is 12.1 Å². The van der Waals surface area contributed by atoms with Crippen molar-refractivity contribution in [2.75, 3.05) is 32.1 Å². The Bertz CT molecular complexity index is 1310. The van der Waals surface area contributed by atoms with Crippen LogP contribution in [0.4, 0.5) is 18.9 Å². The highest BCUT2D eigenvalue weighted by atomic mass is 19.4. The van der Waals surface area contributed by atoms with E-state index in [1.165, 1.54) is 25.6 Å². The number of rotatable bonds is 6. The second kappa shape index (κ2) is 9.07. The van der Waals surface area contributed by atoms with Gasteiger partial charge in [0.15, 0.2) is 17.8 Å². The van der Waals surface area contributed by atoms with Gasteiger partial charge in [0.05, 0.1) is 18.4 Å². The maximum atomic E-state index is 12.8. The predicted molar refractivity (Wildman–Crippen MR) is 124 cm³/mol. The van der Waals surface area contributed by atoms with Crippen molar-refractivity contribution in [2.45, 2.75) is 25.4 Å². The van der Waals surface area contributed by atoms with Crippen LogP contribution in [0.25, 0.3) is 16.9 Å². The van der Waals surface area contributed by atoms with E-state index in [9.17, 15) is 18.0 Å². The first-order valence-corrected chi connectivity index (χ1v) is 11.2. The molecule has 1 saturated heterocycles. The molecule has 1 fully saturated rings. The molecular formula is C25H23F3N4O4. The number of carbonyl (C=O) groups excluding carboxylic acids is 1. The van der Waals surface area contributed by atoms with Crippen LogP contribution in [0, 0.1) is 6.92 Å². The molecule has 0 aliphatic carbocycles. The van der Waals surface area contributed by atoms with Crippen LogP contribution in [0.5, 0.6) is 0 Å². The fourth-order valence-electron chi connectivity index (χ4n) is 4.31. The van der Waals surface area contributed by atoms with Gasteiger partial charge in [0.2, 0.25) is 5.85 Å². The molecule has 2 aromatic heterocycles. The first kappa shape index (κ1) is 24.0. The molecule has 4 heterocycles. The molecule has 3 aromatic rings. The number of benzene rings is 1. The molecule has 0 radical (unpaired) electrons. The number of hydrogen-bond donors (Lipinski definition) is 1. The highest BCUT2D eigenvalue weighted by Gasteiger charge is 2.51. The Kier molecular flexibility index (Phi) is 6.05. The monoisotopic (exact) mass is 500 g/mol. The Balaban J connectivity index is 1.28. The van der Waals surface area contributed by atoms with Gasteiger partial charge in [-0.25, -0.2) is 9.78 Å². The zero-order valence-corrected chi connectivity index (χ0v) is 19.6. The fraction of sp³-hybridized carbons (Fsp3) is 0.320. The minimum Gasteiger partial charge on any atom is -0.464 e. The summed E-state index contributed by atoms with van der Waals surface area (Å²) in [6.07, 6.45) is 1.24. The third-order valence-corrected chi connectivity index (χ3v) is 6.28. The first-order chi connectivity index (χ1) is 17.2. The van der Waals surface area contributed by atoms with Gasteiger partial charge in [-0.1, -0.05) is 6.08 Å². The van der Waals surface area contributed by atoms with Crippen LogP contribution < -0.4 is 5.32 Å². The van der Waals surface area contributed by atoms with Crippen molar-refractivity contribution in [3.63, 3.8) is 0 Å². The molecule has 0 spiro atoms. The number of ether oxygens (including phenoxy) is 2. The minimum absolute atomic E-state index is 0.0919. The molecule has 1 atom stereocenters. The summed E-state index contributed by atoms with van der Waals surface area (Å²) in [7, 11) is 1.28. The molecule has 2 aliphatic rings. The third-order valence-electron chi connectivity index (χ3n) is 6.28. The number of epoxide rings is 1. The van der Waals surface area contributed by atoms with E-state index in [1.807, 2.05) is 13.0 Å². The summed E-state index contributed by atoms with van der Waals surface area (Å²) in [5.41, 5.74) is 3.42. The molecule has 0 saturated carbocycles. The Morgan fingerprint density at radius 1 is 1.22 bits per heavy atom. The van der Waals surface area contributed by atoms with E-state index in [0.29, 0.717) is 43.1 Å². The molecule has 36 heavy (non-hydrogen) atoms. The predicted octanol–water partition coefficient (Wildman–Crippen LogP) is 4.74. The lowest BCUT2D eigenvalue weighted by atomic mass is 9.99. The molecule has 5 rings (SSSR count). The number of aromatic nitrogens is 2. The van der Waals surface area contributed by atoms with E-state index in [0.717, 1.165) is 29.0 Å². The molecule has 1 unspecified atom stereocenters. The average molecular weight is 500 g/mol. The molecule has 2 aliphatic heterocycles. The van der Waals surface area contributed by atoms with Crippen molar-refractivity contribution in [1.29, 1.82) is 0 Å². The van der Waals surface area contributed by atoms with Crippen LogP contribution in [0.2, 0.25) is 0 Å². The number of hydrogen-bond acceptors (Lipinski definition) is 8. The van der Waals surface area contributed by atoms with Crippen molar-refractivity contribution in [3.8, 4) is 11.3 Å². The van der Waals surface area contributed by atoms with Gasteiger partial charge in [-0.3, -0.25) is 9.88 Å². The highest BCUT2D eigenvalue weighted by molar-refractivity contribution is 5.93. The lowest BCUT2D eigenvalue weighted by molar-refractivity contribution is -0.137. The van der Waals surface area contributed by atoms with E-state index in [-0.39, 0.29) is 5.69 Å². The number of esters is 1. The third kappa shape index (κ3) is 4.59. The topological polar surface area (TPSA) is 93.0 Å². The summed E-state index contributed by atoms with van der Waals surface area (Å²) in [6, 6.07) is 6.81. The maximum Gasteiger partial charge on any atom is 0.416 e. The largest absolute Gasteiger partial charge is 0.464 e. The Morgan fingerprint density at radius 2 is 1.97 bits per heavy atom. The van der Waals surface area contributed by atoms with E-state index in [4.69, 9.17) is 13.9 Å². The number of alkyl halides is 3. The summed E-state index contributed by atoms with van der Waals surface area (Å²) in [4.78, 5) is 22.6. The van der Waals surface area contributed by atoms with Crippen molar-refractivity contribution in [1.82, 2.24) is 14.9 Å². The van der Waals surface area contributed by atoms with Crippen LogP contribution in [0.1, 0.15) is 33.7 Å². The molecular weight excluding hydrogens is 477 g/mol. The van der Waals surface area contributed by atoms with Crippen LogP contribution >= 0.6 is 0 Å². The van der Waals surface area contributed by atoms with Gasteiger partial charge in [-0.2, -0.15) is 13.2 Å². The summed E-state index contributed by atoms with van der Waals surface area (Å²) in [5.74, 6) is -1.02. The molecule has 0 bridgehead atoms. The van der Waals surface area contributed by atoms with E-state index in [2.05, 4.69) is 26.3 Å². The second-order valence-corrected chi connectivity index (χ2v) is 8.61. The molecule has 8 nitrogen and oxygen atoms in total. The van der Waals surface area contributed by atoms with E-state index in [1.54, 1.807) is 6.20 Å². The van der Waals surface area contributed by atoms with E-state index >= 15 is 0 Å². The van der Waals surface area contributed by atoms with Crippen molar-refractivity contribution in [2.24, 2.45) is 0 Å². The minimum atomic E-state index is -4.37. The number of anilines is 1. The normalized spacial score (nSPS) is 20.1. The summed E-state index contributed by atoms with van der Waals surface area (Å²) >= 11 is 0. The molecule has 0 amide bonds. The van der Waals surface area contributed by atoms with Crippen LogP contribution in [-0.4, -0.2) is 53.5 Å². The number of halogens is 3. The lowest BCUT2D eigenvalue weighted by Gasteiger charge is -2.32. The van der Waals surface area contributed by atoms with Crippen molar-refractivity contribution >= 4 is 17.2 Å².